The van der Waals surface area contributed by atoms with E-state index in [0.29, 0.717) is 33.2 Å². The topological polar surface area (TPSA) is 78.4 Å². The molecule has 8 heteroatoms. The molecule has 152 valence electrons. The van der Waals surface area contributed by atoms with Crippen molar-refractivity contribution in [3.05, 3.63) is 80.5 Å². The van der Waals surface area contributed by atoms with Gasteiger partial charge in [0.15, 0.2) is 6.61 Å². The molecule has 0 bridgehead atoms. The van der Waals surface area contributed by atoms with Gasteiger partial charge in [-0.15, -0.1) is 10.2 Å². The van der Waals surface area contributed by atoms with Gasteiger partial charge >= 0.3 is 5.63 Å². The predicted molar refractivity (Wildman–Crippen MR) is 114 cm³/mol. The fraction of sp³-hybridized carbons (Fsp3) is 0.227. The Bertz CT molecular complexity index is 1280. The van der Waals surface area contributed by atoms with Crippen molar-refractivity contribution in [1.29, 1.82) is 0 Å². The Labute approximate surface area is 181 Å². The number of fused-ring (bicyclic) bond motifs is 2. The van der Waals surface area contributed by atoms with Gasteiger partial charge in [-0.25, -0.2) is 4.79 Å². The number of aromatic nitrogens is 2. The highest BCUT2D eigenvalue weighted by Gasteiger charge is 2.16. The minimum absolute atomic E-state index is 0.126. The molecule has 0 fully saturated rings. The number of aryl methyl sites for hydroxylation is 2. The van der Waals surface area contributed by atoms with Crippen molar-refractivity contribution < 1.29 is 13.6 Å². The highest BCUT2D eigenvalue weighted by molar-refractivity contribution is 7.98. The molecule has 4 aromatic rings. The van der Waals surface area contributed by atoms with Crippen LogP contribution in [0.15, 0.2) is 61.3 Å². The number of hydrogen-bond acceptors (Lipinski definition) is 7. The third kappa shape index (κ3) is 3.95. The predicted octanol–water partition coefficient (Wildman–Crippen LogP) is 5.19. The summed E-state index contributed by atoms with van der Waals surface area (Å²) < 4.78 is 16.7. The number of hydrogen-bond donors (Lipinski definition) is 0. The van der Waals surface area contributed by atoms with E-state index in [1.165, 1.54) is 29.0 Å². The molecule has 0 saturated heterocycles. The van der Waals surface area contributed by atoms with Crippen molar-refractivity contribution in [2.75, 3.05) is 0 Å². The van der Waals surface area contributed by atoms with E-state index in [1.807, 2.05) is 18.2 Å². The fourth-order valence-corrected chi connectivity index (χ4v) is 4.57. The van der Waals surface area contributed by atoms with Gasteiger partial charge in [0, 0.05) is 17.2 Å². The molecule has 2 aromatic heterocycles. The van der Waals surface area contributed by atoms with Crippen LogP contribution in [0.3, 0.4) is 0 Å². The molecule has 1 aliphatic carbocycles. The molecule has 0 spiro atoms. The molecule has 2 aromatic carbocycles. The third-order valence-corrected chi connectivity index (χ3v) is 6.21. The van der Waals surface area contributed by atoms with Gasteiger partial charge in [-0.05, 0) is 60.2 Å². The summed E-state index contributed by atoms with van der Waals surface area (Å²) in [5, 5.41) is 9.97. The summed E-state index contributed by atoms with van der Waals surface area (Å²) >= 11 is 7.45. The van der Waals surface area contributed by atoms with Crippen LogP contribution in [0.1, 0.15) is 29.0 Å². The van der Waals surface area contributed by atoms with E-state index in [2.05, 4.69) is 16.3 Å². The highest BCUT2D eigenvalue weighted by Crippen LogP contribution is 2.31. The second kappa shape index (κ2) is 8.16. The second-order valence-electron chi connectivity index (χ2n) is 7.03. The maximum Gasteiger partial charge on any atom is 0.336 e. The van der Waals surface area contributed by atoms with Crippen LogP contribution in [-0.2, 0) is 25.2 Å². The first-order valence-electron chi connectivity index (χ1n) is 9.57. The van der Waals surface area contributed by atoms with E-state index in [1.54, 1.807) is 12.1 Å². The molecule has 5 rings (SSSR count). The maximum absolute atomic E-state index is 12.0. The van der Waals surface area contributed by atoms with Crippen LogP contribution in [-0.4, -0.2) is 10.2 Å². The number of nitrogens with zero attached hydrogens (tertiary/aromatic N) is 2. The van der Waals surface area contributed by atoms with E-state index in [9.17, 15) is 4.79 Å². The van der Waals surface area contributed by atoms with E-state index >= 15 is 0 Å². The van der Waals surface area contributed by atoms with Crippen LogP contribution in [0.2, 0.25) is 5.02 Å². The summed E-state index contributed by atoms with van der Waals surface area (Å²) in [6, 6.07) is 12.9. The van der Waals surface area contributed by atoms with E-state index in [4.69, 9.17) is 25.2 Å². The van der Waals surface area contributed by atoms with Crippen LogP contribution < -0.4 is 10.4 Å². The number of benzene rings is 2. The molecule has 30 heavy (non-hydrogen) atoms. The summed E-state index contributed by atoms with van der Waals surface area (Å²) in [7, 11) is 0. The minimum Gasteiger partial charge on any atom is -0.482 e. The molecule has 2 heterocycles. The van der Waals surface area contributed by atoms with Crippen LogP contribution in [0.4, 0.5) is 0 Å². The highest BCUT2D eigenvalue weighted by atomic mass is 35.5. The van der Waals surface area contributed by atoms with Gasteiger partial charge < -0.3 is 13.6 Å². The smallest absolute Gasteiger partial charge is 0.336 e. The van der Waals surface area contributed by atoms with Crippen LogP contribution in [0.25, 0.3) is 11.0 Å². The zero-order chi connectivity index (χ0) is 20.5. The molecule has 6 nitrogen and oxygen atoms in total. The average molecular weight is 441 g/mol. The quantitative estimate of drug-likeness (QED) is 0.301. The lowest BCUT2D eigenvalue weighted by molar-refractivity contribution is 0.252. The summed E-state index contributed by atoms with van der Waals surface area (Å²) in [5.41, 5.74) is 3.79. The Balaban J connectivity index is 1.30. The molecule has 0 amide bonds. The number of ether oxygens (including phenoxy) is 1. The Kier molecular flexibility index (Phi) is 5.23. The van der Waals surface area contributed by atoms with Crippen molar-refractivity contribution in [2.24, 2.45) is 0 Å². The fourth-order valence-electron chi connectivity index (χ4n) is 3.61. The Hall–Kier alpha value is -2.77. The van der Waals surface area contributed by atoms with Gasteiger partial charge in [0.05, 0.1) is 5.02 Å². The molecule has 0 N–H and O–H groups in total. The van der Waals surface area contributed by atoms with Crippen LogP contribution >= 0.6 is 23.4 Å². The van der Waals surface area contributed by atoms with E-state index in [-0.39, 0.29) is 12.2 Å². The van der Waals surface area contributed by atoms with Gasteiger partial charge in [-0.3, -0.25) is 0 Å². The van der Waals surface area contributed by atoms with Gasteiger partial charge in [0.1, 0.15) is 11.3 Å². The molecular weight excluding hydrogens is 424 g/mol. The largest absolute Gasteiger partial charge is 0.482 e. The molecule has 1 aliphatic rings. The third-order valence-electron chi connectivity index (χ3n) is 5.03. The summed E-state index contributed by atoms with van der Waals surface area (Å²) in [5.74, 6) is 1.43. The zero-order valence-electron chi connectivity index (χ0n) is 15.9. The second-order valence-corrected chi connectivity index (χ2v) is 8.36. The Morgan fingerprint density at radius 1 is 1.07 bits per heavy atom. The summed E-state index contributed by atoms with van der Waals surface area (Å²) in [4.78, 5) is 12.0. The standard InChI is InChI=1S/C22H17ClN2O4S/c23-17-6-1-2-7-18(17)27-11-20-24-25-22(29-20)30-12-15-10-21(26)28-19-9-14-5-3-4-13(14)8-16(15)19/h1-2,6-10H,3-5,11-12H2. The first kappa shape index (κ1) is 19.2. The Morgan fingerprint density at radius 2 is 1.90 bits per heavy atom. The average Bonchev–Trinajstić information content (AvgIpc) is 3.38. The van der Waals surface area contributed by atoms with Crippen molar-refractivity contribution in [1.82, 2.24) is 10.2 Å². The van der Waals surface area contributed by atoms with Gasteiger partial charge in [-0.1, -0.05) is 35.5 Å². The van der Waals surface area contributed by atoms with Gasteiger partial charge in [0.2, 0.25) is 0 Å². The maximum atomic E-state index is 12.0. The van der Waals surface area contributed by atoms with E-state index < -0.39 is 0 Å². The molecule has 0 atom stereocenters. The lowest BCUT2D eigenvalue weighted by atomic mass is 10.0. The SMILES string of the molecule is O=c1cc(CSc2nnc(COc3ccccc3Cl)o2)c2cc3c(cc2o1)CCC3. The van der Waals surface area contributed by atoms with Crippen molar-refractivity contribution in [2.45, 2.75) is 36.8 Å². The molecule has 0 aliphatic heterocycles. The van der Waals surface area contributed by atoms with Crippen molar-refractivity contribution >= 4 is 34.3 Å². The number of rotatable bonds is 6. The molecular formula is C22H17ClN2O4S. The van der Waals surface area contributed by atoms with Gasteiger partial charge in [-0.2, -0.15) is 0 Å². The van der Waals surface area contributed by atoms with Crippen LogP contribution in [0, 0.1) is 0 Å². The minimum atomic E-state index is -0.351. The first-order valence-corrected chi connectivity index (χ1v) is 10.9. The first-order chi connectivity index (χ1) is 14.7. The monoisotopic (exact) mass is 440 g/mol. The van der Waals surface area contributed by atoms with Crippen molar-refractivity contribution in [3.8, 4) is 5.75 Å². The lowest BCUT2D eigenvalue weighted by Crippen LogP contribution is -2.01. The molecule has 0 saturated carbocycles. The Morgan fingerprint density at radius 3 is 2.77 bits per heavy atom. The molecule has 0 radical (unpaired) electrons. The number of thioether (sulfide) groups is 1. The summed E-state index contributed by atoms with van der Waals surface area (Å²) in [6.45, 7) is 0.126. The van der Waals surface area contributed by atoms with Crippen molar-refractivity contribution in [3.63, 3.8) is 0 Å². The lowest BCUT2D eigenvalue weighted by Gasteiger charge is -2.07. The van der Waals surface area contributed by atoms with Crippen LogP contribution in [0.5, 0.6) is 5.75 Å². The zero-order valence-corrected chi connectivity index (χ0v) is 17.5. The van der Waals surface area contributed by atoms with Gasteiger partial charge in [0.25, 0.3) is 11.1 Å². The normalized spacial score (nSPS) is 13.0. The number of para-hydroxylation sites is 1. The van der Waals surface area contributed by atoms with E-state index in [0.717, 1.165) is 30.2 Å². The summed E-state index contributed by atoms with van der Waals surface area (Å²) in [6.07, 6.45) is 3.24. The molecule has 0 unspecified atom stereocenters. The number of halogens is 1.